The number of benzene rings is 2. The normalized spacial score (nSPS) is 11.2. The molecule has 0 atom stereocenters. The van der Waals surface area contributed by atoms with Crippen LogP contribution in [-0.4, -0.2) is 33.9 Å². The van der Waals surface area contributed by atoms with E-state index >= 15 is 0 Å². The van der Waals surface area contributed by atoms with Crippen LogP contribution in [0.5, 0.6) is 17.2 Å². The molecule has 8 nitrogen and oxygen atoms in total. The van der Waals surface area contributed by atoms with Crippen LogP contribution in [0.1, 0.15) is 11.5 Å². The van der Waals surface area contributed by atoms with E-state index < -0.39 is 11.2 Å². The molecule has 2 aromatic carbocycles. The van der Waals surface area contributed by atoms with Crippen molar-refractivity contribution in [3.05, 3.63) is 70.2 Å². The minimum absolute atomic E-state index is 0.0371. The van der Waals surface area contributed by atoms with Crippen molar-refractivity contribution in [2.75, 3.05) is 14.2 Å². The van der Waals surface area contributed by atoms with Gasteiger partial charge >= 0.3 is 0 Å². The Morgan fingerprint density at radius 1 is 1.00 bits per heavy atom. The Hall–Kier alpha value is -4.46. The maximum absolute atomic E-state index is 12.4. The molecule has 0 aliphatic carbocycles. The lowest BCUT2D eigenvalue weighted by Crippen LogP contribution is -2.01. The van der Waals surface area contributed by atoms with Crippen LogP contribution in [0.3, 0.4) is 0 Å². The first-order chi connectivity index (χ1) is 16.8. The molecule has 2 N–H and O–H groups in total. The number of aromatic nitrogens is 3. The minimum Gasteiger partial charge on any atom is -0.501 e. The highest BCUT2D eigenvalue weighted by molar-refractivity contribution is 5.98. The number of aryl methyl sites for hydroxylation is 2. The Labute approximate surface area is 201 Å². The van der Waals surface area contributed by atoms with Crippen LogP contribution in [0.15, 0.2) is 57.7 Å². The van der Waals surface area contributed by atoms with E-state index in [1.54, 1.807) is 21.1 Å². The molecular formula is C27H25N3O5. The Morgan fingerprint density at radius 2 is 1.69 bits per heavy atom. The van der Waals surface area contributed by atoms with Crippen LogP contribution in [0.2, 0.25) is 0 Å². The number of rotatable bonds is 5. The molecule has 35 heavy (non-hydrogen) atoms. The first-order valence-corrected chi connectivity index (χ1v) is 11.0. The Bertz CT molecular complexity index is 1620. The number of ether oxygens (including phenoxy) is 2. The number of nitrogens with zero attached hydrogens (tertiary/aromatic N) is 2. The predicted molar refractivity (Wildman–Crippen MR) is 134 cm³/mol. The van der Waals surface area contributed by atoms with Gasteiger partial charge in [0.15, 0.2) is 5.76 Å². The molecule has 0 amide bonds. The number of hydrogen-bond acceptors (Lipinski definition) is 6. The van der Waals surface area contributed by atoms with Crippen LogP contribution in [0.4, 0.5) is 0 Å². The molecule has 0 saturated carbocycles. The third-order valence-corrected chi connectivity index (χ3v) is 6.28. The lowest BCUT2D eigenvalue weighted by molar-refractivity contribution is 0.415. The van der Waals surface area contributed by atoms with Gasteiger partial charge in [0.1, 0.15) is 34.5 Å². The van der Waals surface area contributed by atoms with Crippen molar-refractivity contribution in [2.45, 2.75) is 13.8 Å². The summed E-state index contributed by atoms with van der Waals surface area (Å²) in [5, 5.41) is 11.6. The molecule has 0 spiro atoms. The number of methoxy groups -OCH3 is 2. The van der Waals surface area contributed by atoms with Crippen molar-refractivity contribution in [3.63, 3.8) is 0 Å². The molecule has 5 rings (SSSR count). The molecule has 0 radical (unpaired) electrons. The summed E-state index contributed by atoms with van der Waals surface area (Å²) in [6, 6.07) is 14.5. The van der Waals surface area contributed by atoms with Crippen molar-refractivity contribution in [1.29, 1.82) is 0 Å². The fourth-order valence-electron chi connectivity index (χ4n) is 4.36. The fraction of sp³-hybridized carbons (Fsp3) is 0.185. The predicted octanol–water partition coefficient (Wildman–Crippen LogP) is 5.20. The maximum Gasteiger partial charge on any atom is 0.227 e. The third kappa shape index (κ3) is 3.63. The Morgan fingerprint density at radius 3 is 2.37 bits per heavy atom. The van der Waals surface area contributed by atoms with E-state index in [2.05, 4.69) is 9.55 Å². The molecule has 3 aromatic heterocycles. The van der Waals surface area contributed by atoms with Gasteiger partial charge in [0.2, 0.25) is 11.2 Å². The number of fused-ring (bicyclic) bond motifs is 1. The van der Waals surface area contributed by atoms with Gasteiger partial charge in [-0.3, -0.25) is 4.79 Å². The largest absolute Gasteiger partial charge is 0.501 e. The first kappa shape index (κ1) is 22.3. The van der Waals surface area contributed by atoms with Gasteiger partial charge in [-0.05, 0) is 56.3 Å². The number of aromatic amines is 1. The van der Waals surface area contributed by atoms with Crippen LogP contribution in [0.25, 0.3) is 45.0 Å². The summed E-state index contributed by atoms with van der Waals surface area (Å²) in [6.45, 7) is 3.68. The van der Waals surface area contributed by atoms with Gasteiger partial charge in [-0.1, -0.05) is 0 Å². The zero-order valence-electron chi connectivity index (χ0n) is 20.1. The highest BCUT2D eigenvalue weighted by Gasteiger charge is 2.25. The summed E-state index contributed by atoms with van der Waals surface area (Å²) >= 11 is 0. The zero-order chi connectivity index (χ0) is 24.9. The van der Waals surface area contributed by atoms with Crippen LogP contribution >= 0.6 is 0 Å². The molecule has 0 saturated heterocycles. The van der Waals surface area contributed by atoms with Crippen LogP contribution in [-0.2, 0) is 7.05 Å². The van der Waals surface area contributed by atoms with Crippen molar-refractivity contribution >= 4 is 10.9 Å². The fourth-order valence-corrected chi connectivity index (χ4v) is 4.36. The smallest absolute Gasteiger partial charge is 0.227 e. The molecule has 0 aliphatic rings. The van der Waals surface area contributed by atoms with E-state index in [0.29, 0.717) is 28.7 Å². The van der Waals surface area contributed by atoms with E-state index in [1.807, 2.05) is 56.4 Å². The molecule has 8 heteroatoms. The van der Waals surface area contributed by atoms with E-state index in [9.17, 15) is 9.90 Å². The number of H-pyrrole nitrogens is 1. The van der Waals surface area contributed by atoms with Gasteiger partial charge in [-0.15, -0.1) is 0 Å². The summed E-state index contributed by atoms with van der Waals surface area (Å²) in [6.07, 6.45) is 0. The highest BCUT2D eigenvalue weighted by atomic mass is 16.5. The SMILES string of the molecule is COc1ccc(-c2nc(-c3c(C)n(C)c4ccc(OC)cc34)[nH]c2-c2oc(C)cc(=O)c2O)cc1. The summed E-state index contributed by atoms with van der Waals surface area (Å²) in [5.41, 5.74) is 4.08. The molecule has 5 aromatic rings. The number of nitrogens with one attached hydrogen (secondary N) is 1. The Balaban J connectivity index is 1.82. The molecule has 3 heterocycles. The van der Waals surface area contributed by atoms with Crippen molar-refractivity contribution in [2.24, 2.45) is 7.05 Å². The van der Waals surface area contributed by atoms with Gasteiger partial charge in [-0.25, -0.2) is 4.98 Å². The summed E-state index contributed by atoms with van der Waals surface area (Å²) < 4.78 is 18.7. The average molecular weight is 472 g/mol. The zero-order valence-corrected chi connectivity index (χ0v) is 20.1. The topological polar surface area (TPSA) is 103 Å². The van der Waals surface area contributed by atoms with Crippen molar-refractivity contribution < 1.29 is 19.0 Å². The van der Waals surface area contributed by atoms with Crippen molar-refractivity contribution in [3.8, 4) is 51.3 Å². The Kier molecular flexibility index (Phi) is 5.36. The summed E-state index contributed by atoms with van der Waals surface area (Å²) in [5.74, 6) is 1.95. The lowest BCUT2D eigenvalue weighted by Gasteiger charge is -2.06. The summed E-state index contributed by atoms with van der Waals surface area (Å²) in [4.78, 5) is 20.6. The molecule has 0 bridgehead atoms. The number of hydrogen-bond donors (Lipinski definition) is 2. The highest BCUT2D eigenvalue weighted by Crippen LogP contribution is 2.40. The van der Waals surface area contributed by atoms with E-state index in [1.165, 1.54) is 6.07 Å². The van der Waals surface area contributed by atoms with Gasteiger partial charge in [0, 0.05) is 40.8 Å². The van der Waals surface area contributed by atoms with Crippen LogP contribution in [0, 0.1) is 13.8 Å². The second-order valence-electron chi connectivity index (χ2n) is 8.34. The molecule has 0 unspecified atom stereocenters. The summed E-state index contributed by atoms with van der Waals surface area (Å²) in [7, 11) is 5.23. The standard InChI is InChI=1S/C27H25N3O5/c1-14-12-21(31)25(32)26(35-14)24-23(16-6-8-17(33-4)9-7-16)28-27(29-24)22-15(2)30(3)20-11-10-18(34-5)13-19(20)22/h6-13,32H,1-5H3,(H,28,29). The monoisotopic (exact) mass is 471 g/mol. The van der Waals surface area contributed by atoms with Crippen molar-refractivity contribution in [1.82, 2.24) is 14.5 Å². The minimum atomic E-state index is -0.522. The average Bonchev–Trinajstić information content (AvgIpc) is 3.40. The van der Waals surface area contributed by atoms with Gasteiger partial charge in [0.05, 0.1) is 14.2 Å². The second-order valence-corrected chi connectivity index (χ2v) is 8.34. The van der Waals surface area contributed by atoms with Gasteiger partial charge < -0.3 is 28.5 Å². The number of aromatic hydroxyl groups is 1. The quantitative estimate of drug-likeness (QED) is 0.365. The molecule has 0 fully saturated rings. The third-order valence-electron chi connectivity index (χ3n) is 6.28. The molecule has 0 aliphatic heterocycles. The maximum atomic E-state index is 12.4. The lowest BCUT2D eigenvalue weighted by atomic mass is 10.1. The van der Waals surface area contributed by atoms with E-state index in [-0.39, 0.29) is 5.76 Å². The van der Waals surface area contributed by atoms with E-state index in [4.69, 9.17) is 18.9 Å². The molecule has 178 valence electrons. The van der Waals surface area contributed by atoms with Gasteiger partial charge in [-0.2, -0.15) is 0 Å². The second kappa shape index (κ2) is 8.39. The number of imidazole rings is 1. The van der Waals surface area contributed by atoms with Gasteiger partial charge in [0.25, 0.3) is 0 Å². The molecular weight excluding hydrogens is 446 g/mol. The van der Waals surface area contributed by atoms with Crippen LogP contribution < -0.4 is 14.9 Å². The van der Waals surface area contributed by atoms with E-state index in [0.717, 1.165) is 33.5 Å². The first-order valence-electron chi connectivity index (χ1n) is 11.0.